The minimum Gasteiger partial charge on any atom is -0.478 e. The number of piperidine rings is 1. The molecule has 0 bridgehead atoms. The summed E-state index contributed by atoms with van der Waals surface area (Å²) in [6, 6.07) is 15.3. The standard InChI is InChI=1S/C28H23Cl2F3N2O4/c29-23-4-2-1-3-20(23)21-14-24(30)22(28(31,32)33)13-18(21)15-34-11-9-27(10-12-34)16-35(26(38)39-27)19-7-5-17(6-8-19)25(36)37/h1-8,13-14H,9-12,15-16H2,(H,36,37). The van der Waals surface area contributed by atoms with Gasteiger partial charge in [0.1, 0.15) is 5.60 Å². The van der Waals surface area contributed by atoms with Crippen molar-refractivity contribution in [3.8, 4) is 11.1 Å². The van der Waals surface area contributed by atoms with Gasteiger partial charge in [0.05, 0.1) is 22.7 Å². The highest BCUT2D eigenvalue weighted by Crippen LogP contribution is 2.42. The van der Waals surface area contributed by atoms with Gasteiger partial charge in [0.15, 0.2) is 0 Å². The molecule has 2 aliphatic heterocycles. The molecule has 1 N–H and O–H groups in total. The van der Waals surface area contributed by atoms with Crippen LogP contribution in [0.3, 0.4) is 0 Å². The lowest BCUT2D eigenvalue weighted by Gasteiger charge is -2.37. The molecule has 0 atom stereocenters. The summed E-state index contributed by atoms with van der Waals surface area (Å²) < 4.78 is 46.9. The Morgan fingerprint density at radius 3 is 2.26 bits per heavy atom. The highest BCUT2D eigenvalue weighted by Gasteiger charge is 2.47. The first kappa shape index (κ1) is 27.3. The van der Waals surface area contributed by atoms with Gasteiger partial charge < -0.3 is 9.84 Å². The second-order valence-electron chi connectivity index (χ2n) is 9.73. The summed E-state index contributed by atoms with van der Waals surface area (Å²) >= 11 is 12.4. The van der Waals surface area contributed by atoms with Crippen molar-refractivity contribution in [3.05, 3.63) is 87.4 Å². The maximum absolute atomic E-state index is 13.7. The van der Waals surface area contributed by atoms with E-state index in [1.807, 2.05) is 4.90 Å². The van der Waals surface area contributed by atoms with Crippen molar-refractivity contribution in [2.45, 2.75) is 31.2 Å². The Hall–Kier alpha value is -3.27. The molecule has 204 valence electrons. The number of carboxylic acid groups (broad SMARTS) is 1. The van der Waals surface area contributed by atoms with E-state index >= 15 is 0 Å². The Labute approximate surface area is 232 Å². The molecule has 0 aliphatic carbocycles. The van der Waals surface area contributed by atoms with Gasteiger partial charge in [-0.2, -0.15) is 13.2 Å². The lowest BCUT2D eigenvalue weighted by Crippen LogP contribution is -2.46. The fourth-order valence-corrected chi connectivity index (χ4v) is 5.63. The first-order valence-electron chi connectivity index (χ1n) is 12.2. The Balaban J connectivity index is 1.34. The number of ether oxygens (including phenoxy) is 1. The summed E-state index contributed by atoms with van der Waals surface area (Å²) in [5, 5.41) is 9.12. The monoisotopic (exact) mass is 578 g/mol. The molecule has 3 aromatic rings. The van der Waals surface area contributed by atoms with Crippen LogP contribution < -0.4 is 4.90 Å². The molecule has 5 rings (SSSR count). The number of amides is 1. The molecule has 1 spiro atoms. The SMILES string of the molecule is O=C(O)c1ccc(N2CC3(CCN(Cc4cc(C(F)(F)F)c(Cl)cc4-c4ccccc4Cl)CC3)OC2=O)cc1. The van der Waals surface area contributed by atoms with Crippen molar-refractivity contribution in [3.63, 3.8) is 0 Å². The number of nitrogens with zero attached hydrogens (tertiary/aromatic N) is 2. The molecule has 6 nitrogen and oxygen atoms in total. The lowest BCUT2D eigenvalue weighted by molar-refractivity contribution is -0.137. The fraction of sp³-hybridized carbons (Fsp3) is 0.286. The summed E-state index contributed by atoms with van der Waals surface area (Å²) in [6.07, 6.45) is -4.14. The fourth-order valence-electron chi connectivity index (χ4n) is 5.12. The van der Waals surface area contributed by atoms with Crippen molar-refractivity contribution >= 4 is 41.0 Å². The van der Waals surface area contributed by atoms with Crippen LogP contribution in [0.2, 0.25) is 10.0 Å². The Bertz CT molecular complexity index is 1420. The van der Waals surface area contributed by atoms with Gasteiger partial charge in [-0.1, -0.05) is 41.4 Å². The van der Waals surface area contributed by atoms with Gasteiger partial charge in [-0.05, 0) is 53.6 Å². The number of carbonyl (C=O) groups is 2. The van der Waals surface area contributed by atoms with Gasteiger partial charge in [0.2, 0.25) is 0 Å². The molecule has 2 fully saturated rings. The van der Waals surface area contributed by atoms with Gasteiger partial charge in [-0.3, -0.25) is 9.80 Å². The number of halogens is 5. The number of carbonyl (C=O) groups excluding carboxylic acids is 1. The van der Waals surface area contributed by atoms with E-state index in [1.54, 1.807) is 36.4 Å². The Morgan fingerprint density at radius 2 is 1.64 bits per heavy atom. The number of rotatable bonds is 5. The smallest absolute Gasteiger partial charge is 0.417 e. The van der Waals surface area contributed by atoms with Gasteiger partial charge in [0.25, 0.3) is 0 Å². The van der Waals surface area contributed by atoms with Gasteiger partial charge in [0, 0.05) is 48.7 Å². The zero-order chi connectivity index (χ0) is 27.9. The van der Waals surface area contributed by atoms with Crippen LogP contribution in [0.4, 0.5) is 23.7 Å². The number of anilines is 1. The minimum absolute atomic E-state index is 0.112. The maximum Gasteiger partial charge on any atom is 0.417 e. The van der Waals surface area contributed by atoms with Crippen molar-refractivity contribution in [1.82, 2.24) is 4.90 Å². The minimum atomic E-state index is -4.61. The van der Waals surface area contributed by atoms with E-state index in [9.17, 15) is 22.8 Å². The summed E-state index contributed by atoms with van der Waals surface area (Å²) in [4.78, 5) is 27.3. The highest BCUT2D eigenvalue weighted by molar-refractivity contribution is 6.34. The molecule has 2 aliphatic rings. The second-order valence-corrected chi connectivity index (χ2v) is 10.5. The molecular weight excluding hydrogens is 556 g/mol. The Kier molecular flexibility index (Phi) is 7.26. The molecular formula is C28H23Cl2F3N2O4. The number of hydrogen-bond acceptors (Lipinski definition) is 4. The third kappa shape index (κ3) is 5.57. The van der Waals surface area contributed by atoms with Crippen LogP contribution in [0.25, 0.3) is 11.1 Å². The van der Waals surface area contributed by atoms with E-state index in [1.165, 1.54) is 23.1 Å². The van der Waals surface area contributed by atoms with Crippen LogP contribution in [-0.4, -0.2) is 47.3 Å². The average molecular weight is 579 g/mol. The van der Waals surface area contributed by atoms with Crippen LogP contribution >= 0.6 is 23.2 Å². The molecule has 0 unspecified atom stereocenters. The molecule has 39 heavy (non-hydrogen) atoms. The van der Waals surface area contributed by atoms with Crippen LogP contribution in [0.15, 0.2) is 60.7 Å². The number of likely N-dealkylation sites (tertiary alicyclic amines) is 1. The number of alkyl halides is 3. The van der Waals surface area contributed by atoms with Crippen LogP contribution in [0, 0.1) is 0 Å². The molecule has 0 radical (unpaired) electrons. The van der Waals surface area contributed by atoms with Crippen molar-refractivity contribution in [1.29, 1.82) is 0 Å². The third-order valence-electron chi connectivity index (χ3n) is 7.22. The van der Waals surface area contributed by atoms with Crippen molar-refractivity contribution in [2.75, 3.05) is 24.5 Å². The Morgan fingerprint density at radius 1 is 0.974 bits per heavy atom. The van der Waals surface area contributed by atoms with Crippen LogP contribution in [0.1, 0.15) is 34.3 Å². The van der Waals surface area contributed by atoms with Crippen LogP contribution in [-0.2, 0) is 17.5 Å². The predicted molar refractivity (Wildman–Crippen MR) is 141 cm³/mol. The number of aromatic carboxylic acids is 1. The molecule has 0 aromatic heterocycles. The molecule has 1 amide bonds. The van der Waals surface area contributed by atoms with Crippen LogP contribution in [0.5, 0.6) is 0 Å². The van der Waals surface area contributed by atoms with Gasteiger partial charge in [-0.25, -0.2) is 9.59 Å². The van der Waals surface area contributed by atoms with Gasteiger partial charge >= 0.3 is 18.2 Å². The first-order chi connectivity index (χ1) is 18.5. The zero-order valence-corrected chi connectivity index (χ0v) is 22.0. The van der Waals surface area contributed by atoms with E-state index in [2.05, 4.69) is 0 Å². The van der Waals surface area contributed by atoms with E-state index in [-0.39, 0.29) is 12.1 Å². The molecule has 0 saturated carbocycles. The van der Waals surface area contributed by atoms with Crippen molar-refractivity contribution < 1.29 is 32.6 Å². The first-order valence-corrected chi connectivity index (χ1v) is 12.9. The number of hydrogen-bond donors (Lipinski definition) is 1. The summed E-state index contributed by atoms with van der Waals surface area (Å²) in [5.41, 5.74) is 0.574. The topological polar surface area (TPSA) is 70.1 Å². The third-order valence-corrected chi connectivity index (χ3v) is 7.86. The summed E-state index contributed by atoms with van der Waals surface area (Å²) in [7, 11) is 0. The number of carboxylic acids is 1. The molecule has 2 heterocycles. The number of benzene rings is 3. The predicted octanol–water partition coefficient (Wildman–Crippen LogP) is 7.37. The summed E-state index contributed by atoms with van der Waals surface area (Å²) in [5.74, 6) is -1.06. The van der Waals surface area contributed by atoms with E-state index < -0.39 is 34.4 Å². The lowest BCUT2D eigenvalue weighted by atomic mass is 9.90. The van der Waals surface area contributed by atoms with Gasteiger partial charge in [-0.15, -0.1) is 0 Å². The average Bonchev–Trinajstić information content (AvgIpc) is 3.21. The largest absolute Gasteiger partial charge is 0.478 e. The summed E-state index contributed by atoms with van der Waals surface area (Å²) in [6.45, 7) is 1.51. The molecule has 2 saturated heterocycles. The van der Waals surface area contributed by atoms with E-state index in [0.29, 0.717) is 59.9 Å². The molecule has 3 aromatic carbocycles. The maximum atomic E-state index is 13.7. The quantitative estimate of drug-likeness (QED) is 0.342. The zero-order valence-electron chi connectivity index (χ0n) is 20.5. The highest BCUT2D eigenvalue weighted by atomic mass is 35.5. The van der Waals surface area contributed by atoms with Crippen molar-refractivity contribution in [2.24, 2.45) is 0 Å². The normalized spacial score (nSPS) is 17.5. The van der Waals surface area contributed by atoms with E-state index in [4.69, 9.17) is 33.0 Å². The van der Waals surface area contributed by atoms with E-state index in [0.717, 1.165) is 6.07 Å². The second kappa shape index (κ2) is 10.4. The molecule has 11 heteroatoms.